The van der Waals surface area contributed by atoms with Crippen molar-refractivity contribution in [3.8, 4) is 0 Å². The zero-order valence-electron chi connectivity index (χ0n) is 21.3. The molecule has 2 aromatic carbocycles. The normalized spacial score (nSPS) is 15.5. The lowest BCUT2D eigenvalue weighted by Crippen LogP contribution is -2.50. The zero-order chi connectivity index (χ0) is 23.8. The number of benzene rings is 2. The van der Waals surface area contributed by atoms with Gasteiger partial charge in [-0.1, -0.05) is 92.0 Å². The summed E-state index contributed by atoms with van der Waals surface area (Å²) >= 11 is 0. The van der Waals surface area contributed by atoms with Crippen molar-refractivity contribution < 1.29 is 4.74 Å². The van der Waals surface area contributed by atoms with E-state index in [4.69, 9.17) is 16.2 Å². The van der Waals surface area contributed by atoms with Crippen LogP contribution in [0.1, 0.15) is 64.1 Å². The standard InChI is InChI=1S/C26H44N2OSi2/c1-25(2,3)30(7,8)23(19-13-11-15-21(27)17-19)29-24(31(9,10)26(4,5)6)20-14-12-16-22(28)18-20/h11-18,23-24H,27-28H2,1-10H3. The summed E-state index contributed by atoms with van der Waals surface area (Å²) in [5, 5.41) is 0.325. The minimum absolute atomic E-state index is 0.0246. The molecule has 0 spiro atoms. The van der Waals surface area contributed by atoms with Gasteiger partial charge in [0, 0.05) is 11.4 Å². The smallest absolute Gasteiger partial charge is 0.0925 e. The Morgan fingerprint density at radius 1 is 0.645 bits per heavy atom. The van der Waals surface area contributed by atoms with Crippen LogP contribution >= 0.6 is 0 Å². The van der Waals surface area contributed by atoms with Gasteiger partial charge in [-0.3, -0.25) is 0 Å². The second-order valence-corrected chi connectivity index (χ2v) is 23.1. The molecule has 0 aromatic heterocycles. The average Bonchev–Trinajstić information content (AvgIpc) is 2.60. The monoisotopic (exact) mass is 456 g/mol. The Morgan fingerprint density at radius 3 is 1.23 bits per heavy atom. The van der Waals surface area contributed by atoms with Gasteiger partial charge in [-0.05, 0) is 45.5 Å². The van der Waals surface area contributed by atoms with E-state index < -0.39 is 16.1 Å². The first-order valence-electron chi connectivity index (χ1n) is 11.3. The molecule has 0 aliphatic carbocycles. The van der Waals surface area contributed by atoms with Crippen LogP contribution in [0, 0.1) is 0 Å². The molecule has 31 heavy (non-hydrogen) atoms. The Balaban J connectivity index is 2.70. The molecule has 0 saturated carbocycles. The van der Waals surface area contributed by atoms with Crippen molar-refractivity contribution in [2.24, 2.45) is 0 Å². The number of ether oxygens (including phenoxy) is 1. The number of anilines is 2. The van der Waals surface area contributed by atoms with Gasteiger partial charge < -0.3 is 16.2 Å². The van der Waals surface area contributed by atoms with Crippen LogP contribution in [0.15, 0.2) is 48.5 Å². The Bertz CT molecular complexity index is 821. The fourth-order valence-corrected chi connectivity index (χ4v) is 8.39. The molecule has 0 radical (unpaired) electrons. The molecule has 0 aliphatic heterocycles. The maximum atomic E-state index is 7.33. The summed E-state index contributed by atoms with van der Waals surface area (Å²) < 4.78 is 7.33. The highest BCUT2D eigenvalue weighted by Gasteiger charge is 2.49. The van der Waals surface area contributed by atoms with Crippen LogP contribution in [0.3, 0.4) is 0 Å². The molecular weight excluding hydrogens is 412 g/mol. The van der Waals surface area contributed by atoms with Crippen LogP contribution < -0.4 is 11.5 Å². The molecule has 0 saturated heterocycles. The highest BCUT2D eigenvalue weighted by atomic mass is 28.3. The average molecular weight is 457 g/mol. The second-order valence-electron chi connectivity index (χ2n) is 12.2. The number of hydrogen-bond acceptors (Lipinski definition) is 3. The van der Waals surface area contributed by atoms with E-state index in [1.807, 2.05) is 12.1 Å². The van der Waals surface area contributed by atoms with Crippen molar-refractivity contribution in [3.05, 3.63) is 59.7 Å². The third-order valence-electron chi connectivity index (χ3n) is 7.88. The molecule has 0 bridgehead atoms. The molecule has 0 aliphatic rings. The van der Waals surface area contributed by atoms with Gasteiger partial charge in [0.25, 0.3) is 0 Å². The van der Waals surface area contributed by atoms with Gasteiger partial charge in [0.05, 0.1) is 27.6 Å². The van der Waals surface area contributed by atoms with Gasteiger partial charge in [0.15, 0.2) is 0 Å². The summed E-state index contributed by atoms with van der Waals surface area (Å²) in [6.07, 6.45) is 0. The van der Waals surface area contributed by atoms with Gasteiger partial charge in [-0.2, -0.15) is 0 Å². The van der Waals surface area contributed by atoms with Crippen molar-refractivity contribution in [2.45, 2.75) is 89.3 Å². The van der Waals surface area contributed by atoms with Crippen molar-refractivity contribution in [2.75, 3.05) is 11.5 Å². The first-order chi connectivity index (χ1) is 14.0. The number of rotatable bonds is 6. The van der Waals surface area contributed by atoms with E-state index in [0.717, 1.165) is 11.4 Å². The van der Waals surface area contributed by atoms with Crippen molar-refractivity contribution in [3.63, 3.8) is 0 Å². The van der Waals surface area contributed by atoms with Gasteiger partial charge in [0.2, 0.25) is 0 Å². The lowest BCUT2D eigenvalue weighted by molar-refractivity contribution is 0.0615. The van der Waals surface area contributed by atoms with Gasteiger partial charge in [0.1, 0.15) is 0 Å². The van der Waals surface area contributed by atoms with Crippen molar-refractivity contribution in [1.29, 1.82) is 0 Å². The van der Waals surface area contributed by atoms with Crippen LogP contribution in [-0.2, 0) is 4.74 Å². The van der Waals surface area contributed by atoms with E-state index in [-0.39, 0.29) is 21.5 Å². The van der Waals surface area contributed by atoms with Gasteiger partial charge in [-0.25, -0.2) is 0 Å². The van der Waals surface area contributed by atoms with E-state index in [0.29, 0.717) is 0 Å². The Labute approximate surface area is 192 Å². The molecule has 0 fully saturated rings. The SMILES string of the molecule is CC(C)(C)[Si](C)(C)C(OC(c1cccc(N)c1)[Si](C)(C)C(C)(C)C)c1cccc(N)c1. The topological polar surface area (TPSA) is 61.3 Å². The largest absolute Gasteiger partial charge is 0.399 e. The minimum atomic E-state index is -1.93. The first-order valence-corrected chi connectivity index (χ1v) is 17.5. The summed E-state index contributed by atoms with van der Waals surface area (Å²) in [5.74, 6) is 0. The highest BCUT2D eigenvalue weighted by molar-refractivity contribution is 6.82. The van der Waals surface area contributed by atoms with Crippen LogP contribution in [0.25, 0.3) is 0 Å². The molecule has 4 N–H and O–H groups in total. The second kappa shape index (κ2) is 8.76. The minimum Gasteiger partial charge on any atom is -0.399 e. The predicted molar refractivity (Wildman–Crippen MR) is 143 cm³/mol. The lowest BCUT2D eigenvalue weighted by atomic mass is 10.2. The first kappa shape index (κ1) is 25.7. The van der Waals surface area contributed by atoms with E-state index in [9.17, 15) is 0 Å². The summed E-state index contributed by atoms with van der Waals surface area (Å²) in [4.78, 5) is 0. The van der Waals surface area contributed by atoms with Crippen molar-refractivity contribution >= 4 is 27.5 Å². The highest BCUT2D eigenvalue weighted by Crippen LogP contribution is 2.51. The summed E-state index contributed by atoms with van der Waals surface area (Å²) in [6, 6.07) is 16.6. The molecule has 2 rings (SSSR count). The fraction of sp³-hybridized carbons (Fsp3) is 0.538. The van der Waals surface area contributed by atoms with Gasteiger partial charge in [-0.15, -0.1) is 0 Å². The van der Waals surface area contributed by atoms with E-state index in [2.05, 4.69) is 104 Å². The predicted octanol–water partition coefficient (Wildman–Crippen LogP) is 7.75. The molecule has 3 nitrogen and oxygen atoms in total. The maximum absolute atomic E-state index is 7.33. The molecule has 5 heteroatoms. The van der Waals surface area contributed by atoms with Gasteiger partial charge >= 0.3 is 0 Å². The third-order valence-corrected chi connectivity index (χ3v) is 19.2. The Kier molecular flexibility index (Phi) is 7.26. The number of nitrogens with two attached hydrogens (primary N) is 2. The van der Waals surface area contributed by atoms with Crippen LogP contribution in [-0.4, -0.2) is 16.1 Å². The molecule has 2 aromatic rings. The molecule has 2 unspecified atom stereocenters. The fourth-order valence-electron chi connectivity index (χ4n) is 3.70. The molecule has 2 atom stereocenters. The summed E-state index contributed by atoms with van der Waals surface area (Å²) in [5.41, 5.74) is 16.5. The molecule has 0 amide bonds. The number of nitrogen functional groups attached to an aromatic ring is 2. The van der Waals surface area contributed by atoms with Crippen LogP contribution in [0.2, 0.25) is 36.3 Å². The molecular formula is C26H44N2OSi2. The Morgan fingerprint density at radius 2 is 0.968 bits per heavy atom. The van der Waals surface area contributed by atoms with Crippen molar-refractivity contribution in [1.82, 2.24) is 0 Å². The number of hydrogen-bond donors (Lipinski definition) is 2. The zero-order valence-corrected chi connectivity index (χ0v) is 23.3. The quantitative estimate of drug-likeness (QED) is 0.345. The van der Waals surface area contributed by atoms with E-state index >= 15 is 0 Å². The van der Waals surface area contributed by atoms with Crippen LogP contribution in [0.4, 0.5) is 11.4 Å². The summed E-state index contributed by atoms with van der Waals surface area (Å²) in [6.45, 7) is 23.9. The Hall–Kier alpha value is -1.57. The van der Waals surface area contributed by atoms with E-state index in [1.165, 1.54) is 11.1 Å². The maximum Gasteiger partial charge on any atom is 0.0925 e. The third kappa shape index (κ3) is 5.44. The molecule has 0 heterocycles. The summed E-state index contributed by atoms with van der Waals surface area (Å²) in [7, 11) is -3.86. The lowest BCUT2D eigenvalue weighted by Gasteiger charge is -2.49. The van der Waals surface area contributed by atoms with Crippen LogP contribution in [0.5, 0.6) is 0 Å². The van der Waals surface area contributed by atoms with E-state index in [1.54, 1.807) is 0 Å². The molecule has 172 valence electrons.